The van der Waals surface area contributed by atoms with Crippen molar-refractivity contribution in [3.63, 3.8) is 0 Å². The van der Waals surface area contributed by atoms with E-state index < -0.39 is 0 Å². The number of aromatic nitrogens is 2. The number of nitrogens with zero attached hydrogens (tertiary/aromatic N) is 2. The van der Waals surface area contributed by atoms with Crippen LogP contribution in [0.5, 0.6) is 0 Å². The van der Waals surface area contributed by atoms with Gasteiger partial charge in [0, 0.05) is 18.4 Å². The molecule has 2 rings (SSSR count). The van der Waals surface area contributed by atoms with E-state index in [-0.39, 0.29) is 0 Å². The first-order valence-electron chi connectivity index (χ1n) is 4.80. The third-order valence-electron chi connectivity index (χ3n) is 2.59. The molecule has 1 aromatic rings. The Kier molecular flexibility index (Phi) is 2.35. The van der Waals surface area contributed by atoms with Crippen LogP contribution in [0.15, 0.2) is 12.4 Å². The van der Waals surface area contributed by atoms with Crippen LogP contribution in [0.4, 0.5) is 5.82 Å². The summed E-state index contributed by atoms with van der Waals surface area (Å²) in [5.41, 5.74) is 0.465. The van der Waals surface area contributed by atoms with Crippen molar-refractivity contribution in [3.05, 3.63) is 17.5 Å². The Hall–Kier alpha value is -0.830. The van der Waals surface area contributed by atoms with Crippen molar-refractivity contribution in [2.24, 2.45) is 5.41 Å². The van der Waals surface area contributed by atoms with Gasteiger partial charge in [-0.05, 0) is 18.3 Å². The molecule has 4 heteroatoms. The molecule has 0 amide bonds. The summed E-state index contributed by atoms with van der Waals surface area (Å²) in [5.74, 6) is 0.703. The smallest absolute Gasteiger partial charge is 0.171 e. The van der Waals surface area contributed by atoms with Gasteiger partial charge in [-0.15, -0.1) is 0 Å². The molecule has 1 aromatic heterocycles. The van der Waals surface area contributed by atoms with Gasteiger partial charge in [-0.25, -0.2) is 9.97 Å². The average molecular weight is 212 g/mol. The number of hydrogen-bond acceptors (Lipinski definition) is 3. The van der Waals surface area contributed by atoms with Gasteiger partial charge in [0.25, 0.3) is 0 Å². The molecule has 0 aliphatic heterocycles. The number of nitrogens with one attached hydrogen (secondary N) is 1. The van der Waals surface area contributed by atoms with Crippen molar-refractivity contribution in [3.8, 4) is 0 Å². The van der Waals surface area contributed by atoms with Gasteiger partial charge >= 0.3 is 0 Å². The summed E-state index contributed by atoms with van der Waals surface area (Å²) < 4.78 is 0. The molecule has 0 saturated heterocycles. The van der Waals surface area contributed by atoms with Gasteiger partial charge in [-0.3, -0.25) is 0 Å². The van der Waals surface area contributed by atoms with Gasteiger partial charge in [0.2, 0.25) is 0 Å². The van der Waals surface area contributed by atoms with Crippen molar-refractivity contribution >= 4 is 17.4 Å². The second-order valence-electron chi connectivity index (χ2n) is 4.61. The number of hydrogen-bond donors (Lipinski definition) is 1. The fourth-order valence-corrected chi connectivity index (χ4v) is 2.15. The minimum atomic E-state index is 0.456. The maximum atomic E-state index is 5.88. The highest BCUT2D eigenvalue weighted by Crippen LogP contribution is 2.41. The number of rotatable bonds is 2. The maximum Gasteiger partial charge on any atom is 0.171 e. The fraction of sp³-hybridized carbons (Fsp3) is 0.600. The molecule has 0 aromatic carbocycles. The molecule has 1 aliphatic rings. The first-order valence-corrected chi connectivity index (χ1v) is 5.18. The van der Waals surface area contributed by atoms with Crippen LogP contribution in [-0.2, 0) is 0 Å². The lowest BCUT2D eigenvalue weighted by molar-refractivity contribution is 0.167. The number of anilines is 1. The zero-order valence-corrected chi connectivity index (χ0v) is 9.17. The fourth-order valence-electron chi connectivity index (χ4n) is 1.99. The third-order valence-corrected chi connectivity index (χ3v) is 2.87. The molecule has 0 bridgehead atoms. The highest BCUT2D eigenvalue weighted by atomic mass is 35.5. The third kappa shape index (κ3) is 1.98. The summed E-state index contributed by atoms with van der Waals surface area (Å²) in [4.78, 5) is 8.11. The molecule has 3 nitrogen and oxygen atoms in total. The molecule has 0 atom stereocenters. The molecule has 0 spiro atoms. The lowest BCUT2D eigenvalue weighted by atomic mass is 9.68. The highest BCUT2D eigenvalue weighted by Gasteiger charge is 2.36. The topological polar surface area (TPSA) is 37.8 Å². The summed E-state index contributed by atoms with van der Waals surface area (Å²) in [6.07, 6.45) is 5.58. The summed E-state index contributed by atoms with van der Waals surface area (Å²) in [5, 5.41) is 3.75. The first kappa shape index (κ1) is 9.71. The van der Waals surface area contributed by atoms with Crippen LogP contribution >= 0.6 is 11.6 Å². The van der Waals surface area contributed by atoms with E-state index in [1.807, 2.05) is 0 Å². The van der Waals surface area contributed by atoms with E-state index in [1.165, 1.54) is 12.8 Å². The van der Waals surface area contributed by atoms with Crippen LogP contribution in [-0.4, -0.2) is 16.0 Å². The molecule has 1 N–H and O–H groups in total. The summed E-state index contributed by atoms with van der Waals surface area (Å²) >= 11 is 5.88. The standard InChI is InChI=1S/C10H14ClN3/c1-10(2)5-7(6-10)14-9-8(11)12-3-4-13-9/h3-4,7H,5-6H2,1-2H3,(H,13,14). The van der Waals surface area contributed by atoms with Crippen molar-refractivity contribution in [1.82, 2.24) is 9.97 Å². The van der Waals surface area contributed by atoms with Crippen molar-refractivity contribution < 1.29 is 0 Å². The Labute approximate surface area is 88.9 Å². The normalized spacial score (nSPS) is 20.2. The predicted molar refractivity (Wildman–Crippen MR) is 57.5 cm³/mol. The van der Waals surface area contributed by atoms with Gasteiger partial charge < -0.3 is 5.32 Å². The zero-order valence-electron chi connectivity index (χ0n) is 8.42. The second-order valence-corrected chi connectivity index (χ2v) is 4.97. The van der Waals surface area contributed by atoms with E-state index in [0.29, 0.717) is 22.4 Å². The highest BCUT2D eigenvalue weighted by molar-refractivity contribution is 6.31. The van der Waals surface area contributed by atoms with Crippen LogP contribution in [0.1, 0.15) is 26.7 Å². The molecule has 76 valence electrons. The summed E-state index contributed by atoms with van der Waals surface area (Å²) in [6, 6.07) is 0.499. The predicted octanol–water partition coefficient (Wildman–Crippen LogP) is 2.73. The Balaban J connectivity index is 1.97. The molecule has 1 saturated carbocycles. The molecule has 0 unspecified atom stereocenters. The Morgan fingerprint density at radius 2 is 2.00 bits per heavy atom. The van der Waals surface area contributed by atoms with E-state index in [4.69, 9.17) is 11.6 Å². The maximum absolute atomic E-state index is 5.88. The van der Waals surface area contributed by atoms with Crippen LogP contribution in [0, 0.1) is 5.41 Å². The SMILES string of the molecule is CC1(C)CC(Nc2nccnc2Cl)C1. The Bertz CT molecular complexity index is 330. The Morgan fingerprint density at radius 3 is 2.57 bits per heavy atom. The van der Waals surface area contributed by atoms with Gasteiger partial charge in [-0.1, -0.05) is 25.4 Å². The van der Waals surface area contributed by atoms with Gasteiger partial charge in [-0.2, -0.15) is 0 Å². The monoisotopic (exact) mass is 211 g/mol. The van der Waals surface area contributed by atoms with Crippen LogP contribution < -0.4 is 5.32 Å². The van der Waals surface area contributed by atoms with Crippen molar-refractivity contribution in [1.29, 1.82) is 0 Å². The lowest BCUT2D eigenvalue weighted by Gasteiger charge is -2.43. The molecule has 14 heavy (non-hydrogen) atoms. The molecular weight excluding hydrogens is 198 g/mol. The minimum Gasteiger partial charge on any atom is -0.365 e. The lowest BCUT2D eigenvalue weighted by Crippen LogP contribution is -2.41. The van der Waals surface area contributed by atoms with Crippen LogP contribution in [0.2, 0.25) is 5.15 Å². The van der Waals surface area contributed by atoms with E-state index in [2.05, 4.69) is 29.1 Å². The van der Waals surface area contributed by atoms with Gasteiger partial charge in [0.05, 0.1) is 0 Å². The summed E-state index contributed by atoms with van der Waals surface area (Å²) in [6.45, 7) is 4.53. The van der Waals surface area contributed by atoms with Gasteiger partial charge in [0.1, 0.15) is 0 Å². The summed E-state index contributed by atoms with van der Waals surface area (Å²) in [7, 11) is 0. The first-order chi connectivity index (χ1) is 6.57. The minimum absolute atomic E-state index is 0.456. The van der Waals surface area contributed by atoms with E-state index >= 15 is 0 Å². The molecule has 1 aliphatic carbocycles. The molecule has 1 heterocycles. The van der Waals surface area contributed by atoms with Gasteiger partial charge in [0.15, 0.2) is 11.0 Å². The van der Waals surface area contributed by atoms with Crippen molar-refractivity contribution in [2.45, 2.75) is 32.7 Å². The largest absolute Gasteiger partial charge is 0.365 e. The van der Waals surface area contributed by atoms with Crippen molar-refractivity contribution in [2.75, 3.05) is 5.32 Å². The quantitative estimate of drug-likeness (QED) is 0.818. The molecular formula is C10H14ClN3. The van der Waals surface area contributed by atoms with Crippen LogP contribution in [0.25, 0.3) is 0 Å². The number of halogens is 1. The molecule has 0 radical (unpaired) electrons. The second kappa shape index (κ2) is 3.39. The van der Waals surface area contributed by atoms with Crippen LogP contribution in [0.3, 0.4) is 0 Å². The average Bonchev–Trinajstić information content (AvgIpc) is 2.05. The van der Waals surface area contributed by atoms with E-state index in [9.17, 15) is 0 Å². The zero-order chi connectivity index (χ0) is 10.2. The van der Waals surface area contributed by atoms with E-state index in [1.54, 1.807) is 12.4 Å². The van der Waals surface area contributed by atoms with E-state index in [0.717, 1.165) is 0 Å². The molecule has 1 fully saturated rings. The Morgan fingerprint density at radius 1 is 1.36 bits per heavy atom.